The molecule has 1 aliphatic heterocycles. The zero-order valence-electron chi connectivity index (χ0n) is 14.7. The quantitative estimate of drug-likeness (QED) is 0.812. The number of hydrogen-bond acceptors (Lipinski definition) is 4. The van der Waals surface area contributed by atoms with E-state index in [4.69, 9.17) is 16.3 Å². The lowest BCUT2D eigenvalue weighted by atomic mass is 10.1. The van der Waals surface area contributed by atoms with Crippen molar-refractivity contribution in [2.45, 2.75) is 0 Å². The third-order valence-corrected chi connectivity index (χ3v) is 4.67. The Kier molecular flexibility index (Phi) is 5.81. The van der Waals surface area contributed by atoms with E-state index in [9.17, 15) is 14.0 Å². The number of carbonyl (C=O) groups is 2. The van der Waals surface area contributed by atoms with E-state index < -0.39 is 11.8 Å². The molecule has 8 heteroatoms. The van der Waals surface area contributed by atoms with E-state index in [1.165, 1.54) is 19.2 Å². The molecule has 0 radical (unpaired) electrons. The maximum absolute atomic E-state index is 13.2. The highest BCUT2D eigenvalue weighted by Gasteiger charge is 2.23. The van der Waals surface area contributed by atoms with Gasteiger partial charge in [-0.25, -0.2) is 14.0 Å². The molecule has 1 N–H and O–H groups in total. The summed E-state index contributed by atoms with van der Waals surface area (Å²) >= 11 is 6.28. The maximum atomic E-state index is 13.2. The fraction of sp³-hybridized carbons (Fsp3) is 0.263. The average Bonchev–Trinajstić information content (AvgIpc) is 2.68. The van der Waals surface area contributed by atoms with Crippen molar-refractivity contribution in [3.05, 3.63) is 58.9 Å². The Balaban J connectivity index is 1.63. The van der Waals surface area contributed by atoms with Gasteiger partial charge in [0.05, 0.1) is 23.4 Å². The van der Waals surface area contributed by atoms with Crippen molar-refractivity contribution in [1.29, 1.82) is 0 Å². The van der Waals surface area contributed by atoms with Gasteiger partial charge in [0.1, 0.15) is 5.82 Å². The molecule has 0 atom stereocenters. The lowest BCUT2D eigenvalue weighted by Gasteiger charge is -2.36. The van der Waals surface area contributed by atoms with E-state index >= 15 is 0 Å². The van der Waals surface area contributed by atoms with Crippen LogP contribution in [0.4, 0.5) is 20.6 Å². The lowest BCUT2D eigenvalue weighted by molar-refractivity contribution is 0.0600. The van der Waals surface area contributed by atoms with Gasteiger partial charge in [0.25, 0.3) is 0 Å². The van der Waals surface area contributed by atoms with Crippen molar-refractivity contribution in [1.82, 2.24) is 4.90 Å². The number of hydrogen-bond donors (Lipinski definition) is 1. The van der Waals surface area contributed by atoms with Gasteiger partial charge in [-0.2, -0.15) is 0 Å². The topological polar surface area (TPSA) is 61.9 Å². The minimum Gasteiger partial charge on any atom is -0.465 e. The highest BCUT2D eigenvalue weighted by atomic mass is 35.5. The van der Waals surface area contributed by atoms with Crippen LogP contribution in [0.15, 0.2) is 42.5 Å². The van der Waals surface area contributed by atoms with Crippen LogP contribution in [0.25, 0.3) is 0 Å². The highest BCUT2D eigenvalue weighted by molar-refractivity contribution is 6.33. The molecule has 2 amide bonds. The van der Waals surface area contributed by atoms with Crippen molar-refractivity contribution < 1.29 is 18.7 Å². The normalized spacial score (nSPS) is 14.0. The lowest BCUT2D eigenvalue weighted by Crippen LogP contribution is -2.50. The average molecular weight is 392 g/mol. The Labute approximate surface area is 161 Å². The Hall–Kier alpha value is -2.80. The molecular formula is C19H19ClFN3O3. The van der Waals surface area contributed by atoms with Gasteiger partial charge in [0.15, 0.2) is 0 Å². The molecule has 27 heavy (non-hydrogen) atoms. The van der Waals surface area contributed by atoms with Crippen LogP contribution in [0.3, 0.4) is 0 Å². The summed E-state index contributed by atoms with van der Waals surface area (Å²) < 4.78 is 18.0. The Morgan fingerprint density at radius 2 is 1.85 bits per heavy atom. The SMILES string of the molecule is COC(=O)c1ccc(Cl)c(N2CCN(C(=O)Nc3cccc(F)c3)CC2)c1. The summed E-state index contributed by atoms with van der Waals surface area (Å²) in [4.78, 5) is 27.8. The molecule has 3 rings (SSSR count). The number of benzene rings is 2. The van der Waals surface area contributed by atoms with Crippen LogP contribution in [0, 0.1) is 5.82 Å². The highest BCUT2D eigenvalue weighted by Crippen LogP contribution is 2.28. The molecule has 0 aromatic heterocycles. The molecule has 142 valence electrons. The molecule has 0 spiro atoms. The van der Waals surface area contributed by atoms with Crippen LogP contribution in [-0.2, 0) is 4.74 Å². The number of urea groups is 1. The Bertz CT molecular complexity index is 854. The van der Waals surface area contributed by atoms with E-state index in [2.05, 4.69) is 5.32 Å². The van der Waals surface area contributed by atoms with Gasteiger partial charge < -0.3 is 19.9 Å². The smallest absolute Gasteiger partial charge is 0.337 e. The summed E-state index contributed by atoms with van der Waals surface area (Å²) in [7, 11) is 1.33. The number of methoxy groups -OCH3 is 1. The first kappa shape index (κ1) is 19.0. The minimum absolute atomic E-state index is 0.283. The van der Waals surface area contributed by atoms with Gasteiger partial charge >= 0.3 is 12.0 Å². The summed E-state index contributed by atoms with van der Waals surface area (Å²) in [5.74, 6) is -0.834. The summed E-state index contributed by atoms with van der Waals surface area (Å²) in [5.41, 5.74) is 1.56. The molecule has 2 aromatic carbocycles. The molecule has 2 aromatic rings. The van der Waals surface area contributed by atoms with Crippen molar-refractivity contribution in [2.75, 3.05) is 43.5 Å². The van der Waals surface area contributed by atoms with Crippen LogP contribution in [-0.4, -0.2) is 50.2 Å². The summed E-state index contributed by atoms with van der Waals surface area (Å²) in [6.07, 6.45) is 0. The second-order valence-corrected chi connectivity index (χ2v) is 6.48. The zero-order chi connectivity index (χ0) is 19.4. The molecule has 6 nitrogen and oxygen atoms in total. The number of carbonyl (C=O) groups excluding carboxylic acids is 2. The number of amides is 2. The van der Waals surface area contributed by atoms with E-state index in [0.29, 0.717) is 42.5 Å². The number of piperazine rings is 1. The molecule has 1 aliphatic rings. The first-order valence-corrected chi connectivity index (χ1v) is 8.80. The predicted octanol–water partition coefficient (Wildman–Crippen LogP) is 3.62. The van der Waals surface area contributed by atoms with Crippen molar-refractivity contribution >= 4 is 35.0 Å². The van der Waals surface area contributed by atoms with Crippen molar-refractivity contribution in [2.24, 2.45) is 0 Å². The minimum atomic E-state index is -0.430. The summed E-state index contributed by atoms with van der Waals surface area (Å²) in [6.45, 7) is 2.06. The second-order valence-electron chi connectivity index (χ2n) is 6.07. The second kappa shape index (κ2) is 8.26. The van der Waals surface area contributed by atoms with Crippen molar-refractivity contribution in [3.63, 3.8) is 0 Å². The third kappa shape index (κ3) is 4.49. The Morgan fingerprint density at radius 3 is 2.52 bits per heavy atom. The van der Waals surface area contributed by atoms with Crippen LogP contribution in [0.2, 0.25) is 5.02 Å². The number of halogens is 2. The number of anilines is 2. The molecule has 0 saturated carbocycles. The first-order valence-electron chi connectivity index (χ1n) is 8.42. The molecular weight excluding hydrogens is 373 g/mol. The van der Waals surface area contributed by atoms with Gasteiger partial charge in [-0.1, -0.05) is 17.7 Å². The number of esters is 1. The third-order valence-electron chi connectivity index (χ3n) is 4.35. The fourth-order valence-corrected chi connectivity index (χ4v) is 3.16. The molecule has 0 bridgehead atoms. The van der Waals surface area contributed by atoms with E-state index in [1.54, 1.807) is 35.2 Å². The van der Waals surface area contributed by atoms with Crippen molar-refractivity contribution in [3.8, 4) is 0 Å². The maximum Gasteiger partial charge on any atom is 0.337 e. The molecule has 0 aliphatic carbocycles. The molecule has 1 heterocycles. The first-order chi connectivity index (χ1) is 13.0. The van der Waals surface area contributed by atoms with Gasteiger partial charge in [0, 0.05) is 31.9 Å². The van der Waals surface area contributed by atoms with E-state index in [1.807, 2.05) is 4.90 Å². The number of ether oxygens (including phenoxy) is 1. The van der Waals surface area contributed by atoms with Crippen LogP contribution < -0.4 is 10.2 Å². The van der Waals surface area contributed by atoms with E-state index in [-0.39, 0.29) is 6.03 Å². The Morgan fingerprint density at radius 1 is 1.11 bits per heavy atom. The standard InChI is InChI=1S/C19H19ClFN3O3/c1-27-18(25)13-5-6-16(20)17(11-13)23-7-9-24(10-8-23)19(26)22-15-4-2-3-14(21)12-15/h2-6,11-12H,7-10H2,1H3,(H,22,26). The summed E-state index contributed by atoms with van der Waals surface area (Å²) in [5, 5.41) is 3.22. The van der Waals surface area contributed by atoms with Crippen LogP contribution in [0.5, 0.6) is 0 Å². The zero-order valence-corrected chi connectivity index (χ0v) is 15.5. The van der Waals surface area contributed by atoms with Crippen LogP contribution in [0.1, 0.15) is 10.4 Å². The predicted molar refractivity (Wildman–Crippen MR) is 102 cm³/mol. The van der Waals surface area contributed by atoms with E-state index in [0.717, 1.165) is 5.69 Å². The molecule has 1 fully saturated rings. The number of rotatable bonds is 3. The van der Waals surface area contributed by atoms with Crippen LogP contribution >= 0.6 is 11.6 Å². The monoisotopic (exact) mass is 391 g/mol. The fourth-order valence-electron chi connectivity index (χ4n) is 2.92. The number of nitrogens with zero attached hydrogens (tertiary/aromatic N) is 2. The molecule has 0 unspecified atom stereocenters. The number of nitrogens with one attached hydrogen (secondary N) is 1. The van der Waals surface area contributed by atoms with Gasteiger partial charge in [-0.15, -0.1) is 0 Å². The largest absolute Gasteiger partial charge is 0.465 e. The van der Waals surface area contributed by atoms with Gasteiger partial charge in [-0.3, -0.25) is 0 Å². The van der Waals surface area contributed by atoms with Gasteiger partial charge in [0.2, 0.25) is 0 Å². The summed E-state index contributed by atoms with van der Waals surface area (Å²) in [6, 6.07) is 10.4. The molecule has 1 saturated heterocycles. The van der Waals surface area contributed by atoms with Gasteiger partial charge in [-0.05, 0) is 36.4 Å².